The van der Waals surface area contributed by atoms with Crippen molar-refractivity contribution in [2.24, 2.45) is 17.0 Å². The van der Waals surface area contributed by atoms with Crippen LogP contribution in [0.5, 0.6) is 0 Å². The minimum Gasteiger partial charge on any atom is -0.479 e. The van der Waals surface area contributed by atoms with Gasteiger partial charge in [0.1, 0.15) is 0 Å². The van der Waals surface area contributed by atoms with E-state index in [1.54, 1.807) is 16.7 Å². The maximum Gasteiger partial charge on any atom is 0.360 e. The predicted molar refractivity (Wildman–Crippen MR) is 144 cm³/mol. The van der Waals surface area contributed by atoms with E-state index >= 15 is 0 Å². The van der Waals surface area contributed by atoms with Crippen molar-refractivity contribution in [1.82, 2.24) is 14.5 Å². The Bertz CT molecular complexity index is 1330. The zero-order valence-corrected chi connectivity index (χ0v) is 22.1. The molecule has 4 fully saturated rings. The maximum absolute atomic E-state index is 13.9. The van der Waals surface area contributed by atoms with Crippen molar-refractivity contribution in [3.63, 3.8) is 0 Å². The van der Waals surface area contributed by atoms with Crippen molar-refractivity contribution in [3.05, 3.63) is 40.3 Å². The Morgan fingerprint density at radius 3 is 2.23 bits per heavy atom. The Morgan fingerprint density at radius 2 is 1.56 bits per heavy atom. The summed E-state index contributed by atoms with van der Waals surface area (Å²) >= 11 is 0. The maximum atomic E-state index is 13.9. The fraction of sp³-hybridized carbons (Fsp3) is 0.621. The van der Waals surface area contributed by atoms with Gasteiger partial charge in [-0.1, -0.05) is 43.0 Å². The molecule has 2 aliphatic carbocycles. The summed E-state index contributed by atoms with van der Waals surface area (Å²) in [6.07, 6.45) is 13.2. The number of carboxylic acid groups (broad SMARTS) is 2. The molecule has 2 aromatic rings. The number of piperidine rings is 2. The summed E-state index contributed by atoms with van der Waals surface area (Å²) in [4.78, 5) is 48.7. The summed E-state index contributed by atoms with van der Waals surface area (Å²) in [5.41, 5.74) is -0.387. The van der Waals surface area contributed by atoms with Gasteiger partial charge in [0.25, 0.3) is 5.56 Å². The summed E-state index contributed by atoms with van der Waals surface area (Å²) in [5.74, 6) is -1.09. The molecule has 39 heavy (non-hydrogen) atoms. The molecule has 3 heterocycles. The molecule has 6 rings (SSSR count). The van der Waals surface area contributed by atoms with Crippen LogP contribution in [-0.2, 0) is 14.4 Å². The van der Waals surface area contributed by atoms with Crippen LogP contribution in [0, 0.1) is 11.8 Å². The second-order valence-corrected chi connectivity index (χ2v) is 11.9. The zero-order valence-electron chi connectivity index (χ0n) is 22.1. The number of aromatic nitrogens is 2. The first-order chi connectivity index (χ1) is 18.9. The van der Waals surface area contributed by atoms with E-state index in [2.05, 4.69) is 15.0 Å². The van der Waals surface area contributed by atoms with E-state index in [9.17, 15) is 19.5 Å². The summed E-state index contributed by atoms with van der Waals surface area (Å²) in [7, 11) is 0. The van der Waals surface area contributed by atoms with Gasteiger partial charge in [0.2, 0.25) is 12.3 Å². The van der Waals surface area contributed by atoms with E-state index in [4.69, 9.17) is 9.94 Å². The third-order valence-electron chi connectivity index (χ3n) is 9.46. The van der Waals surface area contributed by atoms with Gasteiger partial charge in [-0.05, 0) is 68.9 Å². The van der Waals surface area contributed by atoms with Gasteiger partial charge < -0.3 is 19.6 Å². The molecule has 2 saturated carbocycles. The lowest BCUT2D eigenvalue weighted by molar-refractivity contribution is -0.142. The summed E-state index contributed by atoms with van der Waals surface area (Å²) < 4.78 is 1.73. The average Bonchev–Trinajstić information content (AvgIpc) is 2.90. The van der Waals surface area contributed by atoms with Gasteiger partial charge in [0.15, 0.2) is 5.69 Å². The molecule has 0 unspecified atom stereocenters. The summed E-state index contributed by atoms with van der Waals surface area (Å²) in [6.45, 7) is -0.816. The molecule has 0 amide bonds. The van der Waals surface area contributed by atoms with Gasteiger partial charge in [-0.15, -0.1) is 0 Å². The standard InChI is InChI=1S/C29H36N4O6/c34-25(35)16-39-31-27(29(37)38)26-28(36)33(24-10-2-1-9-23(24)30-26)22-14-19-7-4-8-20(15-22)32(19)21-12-17-5-3-6-18(11-17)13-21/h1-2,9-10,17-22H,3-8,11-16H2,(H,34,35)(H,37,38)/b31-27-/t17-,18+,19-,20+,21+,22+. The monoisotopic (exact) mass is 536 g/mol. The average molecular weight is 537 g/mol. The van der Waals surface area contributed by atoms with Crippen LogP contribution in [0.3, 0.4) is 0 Å². The number of benzene rings is 1. The highest BCUT2D eigenvalue weighted by Gasteiger charge is 2.45. The fourth-order valence-electron chi connectivity index (χ4n) is 8.14. The first-order valence-electron chi connectivity index (χ1n) is 14.3. The molecule has 1 aromatic heterocycles. The lowest BCUT2D eigenvalue weighted by Gasteiger charge is -2.55. The summed E-state index contributed by atoms with van der Waals surface area (Å²) in [5, 5.41) is 22.2. The number of carbonyl (C=O) groups is 2. The van der Waals surface area contributed by atoms with Gasteiger partial charge in [-0.2, -0.15) is 0 Å². The lowest BCUT2D eigenvalue weighted by atomic mass is 9.68. The number of hydrogen-bond acceptors (Lipinski definition) is 7. The molecule has 4 bridgehead atoms. The molecule has 10 nitrogen and oxygen atoms in total. The van der Waals surface area contributed by atoms with Gasteiger partial charge in [-0.25, -0.2) is 14.6 Å². The van der Waals surface area contributed by atoms with Crippen LogP contribution in [-0.4, -0.2) is 67.0 Å². The van der Waals surface area contributed by atoms with Gasteiger partial charge in [-0.3, -0.25) is 9.69 Å². The molecule has 4 aliphatic rings. The van der Waals surface area contributed by atoms with E-state index in [1.165, 1.54) is 44.9 Å². The quantitative estimate of drug-likeness (QED) is 0.403. The second kappa shape index (κ2) is 10.7. The van der Waals surface area contributed by atoms with Crippen molar-refractivity contribution < 1.29 is 24.6 Å². The molecule has 2 saturated heterocycles. The lowest BCUT2D eigenvalue weighted by Crippen LogP contribution is -2.58. The fourth-order valence-corrected chi connectivity index (χ4v) is 8.14. The number of nitrogens with zero attached hydrogens (tertiary/aromatic N) is 4. The minimum absolute atomic E-state index is 0.0891. The second-order valence-electron chi connectivity index (χ2n) is 11.9. The molecule has 208 valence electrons. The van der Waals surface area contributed by atoms with Crippen LogP contribution in [0.2, 0.25) is 0 Å². The van der Waals surface area contributed by atoms with Crippen molar-refractivity contribution in [3.8, 4) is 0 Å². The SMILES string of the molecule is O=C(O)CO/N=C(\C(=O)O)c1nc2ccccc2n([C@H]2C[C@H]3CCC[C@@H](C2)N3[C@H]2C[C@@H]3CCC[C@@H](C3)C2)c1=O. The van der Waals surface area contributed by atoms with Crippen LogP contribution < -0.4 is 5.56 Å². The van der Waals surface area contributed by atoms with Crippen LogP contribution in [0.4, 0.5) is 0 Å². The molecule has 0 radical (unpaired) electrons. The van der Waals surface area contributed by atoms with Gasteiger partial charge in [0, 0.05) is 24.2 Å². The highest BCUT2D eigenvalue weighted by molar-refractivity contribution is 6.41. The molecule has 6 atom stereocenters. The third-order valence-corrected chi connectivity index (χ3v) is 9.46. The molecule has 2 N–H and O–H groups in total. The first-order valence-corrected chi connectivity index (χ1v) is 14.3. The Balaban J connectivity index is 1.35. The number of rotatable bonds is 7. The van der Waals surface area contributed by atoms with Crippen molar-refractivity contribution in [2.75, 3.05) is 6.61 Å². The Morgan fingerprint density at radius 1 is 0.897 bits per heavy atom. The molecular formula is C29H36N4O6. The van der Waals surface area contributed by atoms with E-state index in [1.807, 2.05) is 12.1 Å². The molecule has 0 spiro atoms. The van der Waals surface area contributed by atoms with Crippen molar-refractivity contribution in [1.29, 1.82) is 0 Å². The Kier molecular flexibility index (Phi) is 7.14. The van der Waals surface area contributed by atoms with Crippen LogP contribution in [0.15, 0.2) is 34.2 Å². The van der Waals surface area contributed by atoms with E-state index < -0.39 is 29.8 Å². The normalized spacial score (nSPS) is 31.1. The minimum atomic E-state index is -1.50. The molecular weight excluding hydrogens is 500 g/mol. The number of hydrogen-bond donors (Lipinski definition) is 2. The number of aliphatic carboxylic acids is 2. The van der Waals surface area contributed by atoms with Crippen LogP contribution >= 0.6 is 0 Å². The van der Waals surface area contributed by atoms with Crippen LogP contribution in [0.1, 0.15) is 82.4 Å². The predicted octanol–water partition coefficient (Wildman–Crippen LogP) is 3.81. The topological polar surface area (TPSA) is 134 Å². The van der Waals surface area contributed by atoms with Crippen molar-refractivity contribution >= 4 is 28.7 Å². The largest absolute Gasteiger partial charge is 0.479 e. The highest BCUT2D eigenvalue weighted by atomic mass is 16.6. The summed E-state index contributed by atoms with van der Waals surface area (Å²) in [6, 6.07) is 8.61. The number of oxime groups is 1. The zero-order chi connectivity index (χ0) is 27.1. The van der Waals surface area contributed by atoms with Crippen LogP contribution in [0.25, 0.3) is 11.0 Å². The van der Waals surface area contributed by atoms with E-state index in [0.29, 0.717) is 29.2 Å². The molecule has 2 aliphatic heterocycles. The van der Waals surface area contributed by atoms with Gasteiger partial charge >= 0.3 is 11.9 Å². The van der Waals surface area contributed by atoms with Crippen molar-refractivity contribution in [2.45, 2.75) is 94.8 Å². The third kappa shape index (κ3) is 5.06. The van der Waals surface area contributed by atoms with Gasteiger partial charge in [0.05, 0.1) is 11.0 Å². The smallest absolute Gasteiger partial charge is 0.360 e. The Labute approximate surface area is 226 Å². The molecule has 1 aromatic carbocycles. The number of fused-ring (bicyclic) bond motifs is 5. The number of carboxylic acids is 2. The Hall–Kier alpha value is -3.27. The first kappa shape index (κ1) is 26.0. The number of para-hydroxylation sites is 2. The van der Waals surface area contributed by atoms with E-state index in [-0.39, 0.29) is 11.7 Å². The molecule has 10 heteroatoms. The highest BCUT2D eigenvalue weighted by Crippen LogP contribution is 2.47. The van der Waals surface area contributed by atoms with E-state index in [0.717, 1.165) is 37.5 Å².